The Morgan fingerprint density at radius 2 is 1.62 bits per heavy atom. The van der Waals surface area contributed by atoms with E-state index in [0.717, 1.165) is 31.3 Å². The van der Waals surface area contributed by atoms with Crippen LogP contribution in [-0.2, 0) is 17.4 Å². The van der Waals surface area contributed by atoms with Crippen LogP contribution < -0.4 is 0 Å². The summed E-state index contributed by atoms with van der Waals surface area (Å²) in [7, 11) is 0. The summed E-state index contributed by atoms with van der Waals surface area (Å²) in [6.07, 6.45) is 16.3. The number of hydrogen-bond acceptors (Lipinski definition) is 2. The van der Waals surface area contributed by atoms with Crippen LogP contribution in [-0.4, -0.2) is 10.2 Å². The minimum absolute atomic E-state index is 0. The molecule has 3 heteroatoms. The predicted octanol–water partition coefficient (Wildman–Crippen LogP) is 5.74. The van der Waals surface area contributed by atoms with Crippen molar-refractivity contribution < 1.29 is 27.6 Å². The van der Waals surface area contributed by atoms with Crippen molar-refractivity contribution >= 4 is 0 Å². The third-order valence-corrected chi connectivity index (χ3v) is 2.89. The van der Waals surface area contributed by atoms with E-state index in [1.54, 1.807) is 6.08 Å². The van der Waals surface area contributed by atoms with Gasteiger partial charge in [0.25, 0.3) is 0 Å². The van der Waals surface area contributed by atoms with Gasteiger partial charge in [-0.25, -0.2) is 6.08 Å². The van der Waals surface area contributed by atoms with E-state index in [9.17, 15) is 0 Å². The Hall–Kier alpha value is -1.09. The largest absolute Gasteiger partial charge is 0.546 e. The van der Waals surface area contributed by atoms with Gasteiger partial charge in [-0.3, -0.25) is 0 Å². The molecule has 0 amide bonds. The van der Waals surface area contributed by atoms with Crippen molar-refractivity contribution in [2.45, 2.75) is 60.3 Å². The van der Waals surface area contributed by atoms with Crippen molar-refractivity contribution in [1.82, 2.24) is 0 Å². The molecule has 0 saturated heterocycles. The van der Waals surface area contributed by atoms with Crippen molar-refractivity contribution in [3.63, 3.8) is 0 Å². The number of allylic oxidation sites excluding steroid dienone is 4. The number of aliphatic hydroxyl groups excluding tert-OH is 2. The van der Waals surface area contributed by atoms with Crippen LogP contribution in [0.5, 0.6) is 0 Å². The van der Waals surface area contributed by atoms with Gasteiger partial charge in [0.1, 0.15) is 0 Å². The Morgan fingerprint density at radius 1 is 1.19 bits per heavy atom. The second-order valence-corrected chi connectivity index (χ2v) is 4.37. The zero-order valence-corrected chi connectivity index (χ0v) is 15.4. The topological polar surface area (TPSA) is 40.5 Å². The van der Waals surface area contributed by atoms with E-state index >= 15 is 0 Å². The summed E-state index contributed by atoms with van der Waals surface area (Å²) in [4.78, 5) is 0. The molecule has 0 fully saturated rings. The van der Waals surface area contributed by atoms with Crippen molar-refractivity contribution in [2.75, 3.05) is 0 Å². The predicted molar refractivity (Wildman–Crippen MR) is 89.5 cm³/mol. The van der Waals surface area contributed by atoms with Gasteiger partial charge in [-0.15, -0.1) is 19.8 Å². The summed E-state index contributed by atoms with van der Waals surface area (Å²) in [6.45, 7) is 13.4. The molecule has 2 nitrogen and oxygen atoms in total. The third kappa shape index (κ3) is 21.4. The number of terminal acetylenes is 1. The first-order valence-corrected chi connectivity index (χ1v) is 7.05. The fourth-order valence-corrected chi connectivity index (χ4v) is 1.34. The van der Waals surface area contributed by atoms with E-state index in [2.05, 4.69) is 39.3 Å². The normalized spacial score (nSPS) is 10.5. The van der Waals surface area contributed by atoms with Crippen LogP contribution in [0, 0.1) is 24.8 Å². The first-order valence-electron chi connectivity index (χ1n) is 7.05. The summed E-state index contributed by atoms with van der Waals surface area (Å²) in [5, 5.41) is 17.8. The van der Waals surface area contributed by atoms with Gasteiger partial charge in [-0.2, -0.15) is 11.6 Å². The quantitative estimate of drug-likeness (QED) is 0.282. The Kier molecular flexibility index (Phi) is 28.4. The standard InChI is InChI=1S/C8H16O.C8H13O.C2H2.Cr/c1-4-8(5-2)6-7(3)9;1-4-6-8(9)7(3)5-2;1-2;/h8-9H,3-6H2,1-2H3;4,9H,5H2,1-3H3;1-2H;/q;-1;;/b;8-7+;;. The minimum atomic E-state index is 0. The summed E-state index contributed by atoms with van der Waals surface area (Å²) in [5.74, 6) is 1.23. The van der Waals surface area contributed by atoms with E-state index in [1.165, 1.54) is 0 Å². The molecule has 0 aromatic heterocycles. The fourth-order valence-electron chi connectivity index (χ4n) is 1.34. The molecule has 0 rings (SSSR count). The van der Waals surface area contributed by atoms with E-state index in [-0.39, 0.29) is 23.1 Å². The van der Waals surface area contributed by atoms with Crippen molar-refractivity contribution in [1.29, 1.82) is 0 Å². The van der Waals surface area contributed by atoms with Gasteiger partial charge in [-0.05, 0) is 5.92 Å². The molecular weight excluding hydrogens is 300 g/mol. The Morgan fingerprint density at radius 3 is 1.81 bits per heavy atom. The van der Waals surface area contributed by atoms with Gasteiger partial charge >= 0.3 is 0 Å². The maximum absolute atomic E-state index is 9.05. The molecule has 122 valence electrons. The van der Waals surface area contributed by atoms with Crippen LogP contribution in [0.2, 0.25) is 0 Å². The molecule has 0 radical (unpaired) electrons. The molecule has 0 aliphatic heterocycles. The molecule has 0 bridgehead atoms. The van der Waals surface area contributed by atoms with Crippen LogP contribution in [0.25, 0.3) is 0 Å². The second kappa shape index (κ2) is 21.2. The maximum atomic E-state index is 9.05. The van der Waals surface area contributed by atoms with E-state index < -0.39 is 0 Å². The first-order chi connectivity index (χ1) is 9.42. The average Bonchev–Trinajstić information content (AvgIpc) is 2.46. The van der Waals surface area contributed by atoms with Gasteiger partial charge in [0, 0.05) is 23.8 Å². The third-order valence-electron chi connectivity index (χ3n) is 2.89. The van der Waals surface area contributed by atoms with Crippen LogP contribution in [0.4, 0.5) is 0 Å². The molecular formula is C18H31CrO2-. The smallest absolute Gasteiger partial charge is 0.0853 e. The first kappa shape index (κ1) is 28.1. The Bertz CT molecular complexity index is 310. The van der Waals surface area contributed by atoms with Gasteiger partial charge in [0.15, 0.2) is 0 Å². The molecule has 0 saturated carbocycles. The van der Waals surface area contributed by atoms with E-state index in [1.807, 2.05) is 20.8 Å². The Balaban J connectivity index is -0.000000118. The van der Waals surface area contributed by atoms with Gasteiger partial charge in [0.05, 0.1) is 5.76 Å². The van der Waals surface area contributed by atoms with Crippen LogP contribution in [0.15, 0.2) is 29.7 Å². The molecule has 0 aliphatic rings. The fraction of sp³-hybridized carbons (Fsp3) is 0.556. The number of aliphatic hydroxyl groups is 2. The molecule has 21 heavy (non-hydrogen) atoms. The van der Waals surface area contributed by atoms with Crippen molar-refractivity contribution in [3.8, 4) is 12.8 Å². The summed E-state index contributed by atoms with van der Waals surface area (Å²) in [5.41, 5.74) is 0.980. The Labute approximate surface area is 142 Å². The van der Waals surface area contributed by atoms with E-state index in [0.29, 0.717) is 11.7 Å². The van der Waals surface area contributed by atoms with Gasteiger partial charge < -0.3 is 10.2 Å². The zero-order chi connectivity index (χ0) is 16.6. The molecule has 0 aliphatic carbocycles. The van der Waals surface area contributed by atoms with Crippen molar-refractivity contribution in [2.24, 2.45) is 5.92 Å². The zero-order valence-electron chi connectivity index (χ0n) is 14.1. The molecule has 0 aromatic carbocycles. The van der Waals surface area contributed by atoms with Crippen LogP contribution in [0.1, 0.15) is 60.3 Å². The van der Waals surface area contributed by atoms with Gasteiger partial charge in [0.2, 0.25) is 0 Å². The maximum Gasteiger partial charge on any atom is 0.0853 e. The van der Waals surface area contributed by atoms with Crippen molar-refractivity contribution in [3.05, 3.63) is 35.8 Å². The average molecular weight is 331 g/mol. The summed E-state index contributed by atoms with van der Waals surface area (Å²) in [6, 6.07) is 0. The molecule has 0 heterocycles. The molecule has 0 atom stereocenters. The number of rotatable bonds is 6. The van der Waals surface area contributed by atoms with Crippen LogP contribution in [0.3, 0.4) is 0 Å². The van der Waals surface area contributed by atoms with E-state index in [4.69, 9.17) is 10.2 Å². The molecule has 0 unspecified atom stereocenters. The van der Waals surface area contributed by atoms with Gasteiger partial charge in [-0.1, -0.05) is 59.3 Å². The molecule has 0 spiro atoms. The summed E-state index contributed by atoms with van der Waals surface area (Å²) >= 11 is 0. The summed E-state index contributed by atoms with van der Waals surface area (Å²) < 4.78 is 0. The monoisotopic (exact) mass is 331 g/mol. The van der Waals surface area contributed by atoms with Crippen LogP contribution >= 0.6 is 0 Å². The molecule has 0 aromatic rings. The minimum Gasteiger partial charge on any atom is -0.546 e. The second-order valence-electron chi connectivity index (χ2n) is 4.37. The number of hydrogen-bond donors (Lipinski definition) is 2. The molecule has 2 N–H and O–H groups in total. The SMILES string of the molecule is C#C.C=C(O)CC(CC)CC.CC=[C-]/C(O)=C(/C)CC.[Cr].